The summed E-state index contributed by atoms with van der Waals surface area (Å²) < 4.78 is 12.4. The van der Waals surface area contributed by atoms with Gasteiger partial charge in [-0.3, -0.25) is 4.90 Å². The fourth-order valence-electron chi connectivity index (χ4n) is 5.45. The molecule has 0 spiro atoms. The second-order valence-corrected chi connectivity index (χ2v) is 15.7. The molecule has 37 heavy (non-hydrogen) atoms. The minimum Gasteiger partial charge on any atom is -0.497 e. The van der Waals surface area contributed by atoms with Gasteiger partial charge >= 0.3 is 0 Å². The molecular weight excluding hydrogens is 502 g/mol. The van der Waals surface area contributed by atoms with E-state index in [2.05, 4.69) is 74.2 Å². The van der Waals surface area contributed by atoms with Gasteiger partial charge < -0.3 is 19.4 Å². The topological polar surface area (TPSA) is 62.2 Å². The second kappa shape index (κ2) is 11.7. The number of ether oxygens (including phenoxy) is 1. The molecule has 1 fully saturated rings. The van der Waals surface area contributed by atoms with Crippen LogP contribution in [0.4, 0.5) is 0 Å². The lowest BCUT2D eigenvalue weighted by molar-refractivity contribution is -0.0876. The van der Waals surface area contributed by atoms with Crippen molar-refractivity contribution in [2.45, 2.75) is 56.0 Å². The molecule has 1 aliphatic rings. The van der Waals surface area contributed by atoms with E-state index in [4.69, 9.17) is 20.8 Å². The highest BCUT2D eigenvalue weighted by Gasteiger charge is 2.51. The van der Waals surface area contributed by atoms with E-state index < -0.39 is 31.9 Å². The third-order valence-corrected chi connectivity index (χ3v) is 12.8. The van der Waals surface area contributed by atoms with E-state index in [9.17, 15) is 10.2 Å². The molecule has 4 atom stereocenters. The first-order valence-electron chi connectivity index (χ1n) is 12.8. The third-order valence-electron chi connectivity index (χ3n) is 7.42. The minimum atomic E-state index is -2.80. The summed E-state index contributed by atoms with van der Waals surface area (Å²) in [5.41, 5.74) is 1.07. The van der Waals surface area contributed by atoms with Crippen LogP contribution in [0, 0.1) is 0 Å². The Morgan fingerprint density at radius 1 is 0.865 bits per heavy atom. The number of alkyl halides is 1. The van der Waals surface area contributed by atoms with E-state index in [0.717, 1.165) is 11.3 Å². The van der Waals surface area contributed by atoms with Crippen molar-refractivity contribution in [3.8, 4) is 5.75 Å². The van der Waals surface area contributed by atoms with Crippen LogP contribution in [0.25, 0.3) is 0 Å². The van der Waals surface area contributed by atoms with Crippen molar-refractivity contribution in [2.24, 2.45) is 0 Å². The SMILES string of the molecule is COc1ccc(CN2C[C@H](Cl)[C@@H](O)[C@H](O)C2CO[Si](c2ccccc2)(c2ccccc2)C(C)(C)C)cc1. The van der Waals surface area contributed by atoms with Crippen molar-refractivity contribution >= 4 is 30.3 Å². The van der Waals surface area contributed by atoms with Crippen LogP contribution in [0.15, 0.2) is 84.9 Å². The van der Waals surface area contributed by atoms with Gasteiger partial charge in [0, 0.05) is 13.1 Å². The lowest BCUT2D eigenvalue weighted by atomic mass is 9.95. The molecule has 0 saturated carbocycles. The molecule has 3 aromatic rings. The lowest BCUT2D eigenvalue weighted by Gasteiger charge is -2.47. The molecule has 0 amide bonds. The number of hydrogen-bond acceptors (Lipinski definition) is 5. The molecule has 2 N–H and O–H groups in total. The van der Waals surface area contributed by atoms with Crippen molar-refractivity contribution in [3.63, 3.8) is 0 Å². The van der Waals surface area contributed by atoms with Gasteiger partial charge in [-0.05, 0) is 33.1 Å². The summed E-state index contributed by atoms with van der Waals surface area (Å²) in [6.45, 7) is 7.98. The molecule has 1 saturated heterocycles. The molecule has 1 unspecified atom stereocenters. The van der Waals surface area contributed by atoms with E-state index in [1.807, 2.05) is 36.4 Å². The number of aliphatic hydroxyl groups excluding tert-OH is 2. The fourth-order valence-corrected chi connectivity index (χ4v) is 10.4. The van der Waals surface area contributed by atoms with Crippen LogP contribution in [0.1, 0.15) is 26.3 Å². The smallest absolute Gasteiger partial charge is 0.261 e. The zero-order valence-electron chi connectivity index (χ0n) is 22.0. The first-order chi connectivity index (χ1) is 17.7. The summed E-state index contributed by atoms with van der Waals surface area (Å²) in [6, 6.07) is 28.3. The fraction of sp³-hybridized carbons (Fsp3) is 0.400. The Hall–Kier alpha value is -2.19. The first-order valence-corrected chi connectivity index (χ1v) is 15.1. The summed E-state index contributed by atoms with van der Waals surface area (Å²) in [5.74, 6) is 0.791. The van der Waals surface area contributed by atoms with E-state index in [-0.39, 0.29) is 11.6 Å². The van der Waals surface area contributed by atoms with Crippen LogP contribution < -0.4 is 15.1 Å². The molecule has 7 heteroatoms. The zero-order valence-corrected chi connectivity index (χ0v) is 23.8. The predicted octanol–water partition coefficient (Wildman–Crippen LogP) is 3.79. The van der Waals surface area contributed by atoms with Gasteiger partial charge in [0.05, 0.1) is 37.3 Å². The molecule has 1 heterocycles. The third kappa shape index (κ3) is 5.80. The quantitative estimate of drug-likeness (QED) is 0.337. The second-order valence-electron chi connectivity index (χ2n) is 10.8. The lowest BCUT2D eigenvalue weighted by Crippen LogP contribution is -2.69. The molecule has 1 aliphatic heterocycles. The Morgan fingerprint density at radius 3 is 1.89 bits per heavy atom. The molecule has 198 valence electrons. The Kier molecular flexibility index (Phi) is 8.79. The summed E-state index contributed by atoms with van der Waals surface area (Å²) in [7, 11) is -1.16. The Labute approximate surface area is 226 Å². The van der Waals surface area contributed by atoms with Crippen LogP contribution in [0.5, 0.6) is 5.75 Å². The zero-order chi connectivity index (χ0) is 26.6. The molecule has 0 aromatic heterocycles. The number of benzene rings is 3. The highest BCUT2D eigenvalue weighted by molar-refractivity contribution is 6.99. The largest absolute Gasteiger partial charge is 0.497 e. The highest BCUT2D eigenvalue weighted by Crippen LogP contribution is 2.37. The number of nitrogens with zero attached hydrogens (tertiary/aromatic N) is 1. The maximum atomic E-state index is 11.2. The summed E-state index contributed by atoms with van der Waals surface area (Å²) in [5, 5.41) is 23.5. The van der Waals surface area contributed by atoms with Crippen LogP contribution >= 0.6 is 11.6 Å². The molecule has 5 nitrogen and oxygen atoms in total. The molecular formula is C30H38ClNO4Si. The van der Waals surface area contributed by atoms with Crippen molar-refractivity contribution < 1.29 is 19.4 Å². The minimum absolute atomic E-state index is 0.191. The van der Waals surface area contributed by atoms with Crippen LogP contribution in [-0.4, -0.2) is 67.3 Å². The average molecular weight is 540 g/mol. The van der Waals surface area contributed by atoms with Crippen molar-refractivity contribution in [1.29, 1.82) is 0 Å². The molecule has 0 aliphatic carbocycles. The van der Waals surface area contributed by atoms with Crippen molar-refractivity contribution in [3.05, 3.63) is 90.5 Å². The van der Waals surface area contributed by atoms with Crippen molar-refractivity contribution in [2.75, 3.05) is 20.3 Å². The predicted molar refractivity (Wildman–Crippen MR) is 152 cm³/mol. The van der Waals surface area contributed by atoms with E-state index in [1.165, 1.54) is 10.4 Å². The van der Waals surface area contributed by atoms with Gasteiger partial charge in [0.25, 0.3) is 8.32 Å². The summed E-state index contributed by atoms with van der Waals surface area (Å²) >= 11 is 6.49. The van der Waals surface area contributed by atoms with Crippen molar-refractivity contribution in [1.82, 2.24) is 4.90 Å². The number of methoxy groups -OCH3 is 1. The van der Waals surface area contributed by atoms with Gasteiger partial charge in [-0.1, -0.05) is 93.6 Å². The monoisotopic (exact) mass is 539 g/mol. The number of piperidine rings is 1. The maximum Gasteiger partial charge on any atom is 0.261 e. The van der Waals surface area contributed by atoms with Gasteiger partial charge in [-0.25, -0.2) is 0 Å². The number of aliphatic hydroxyl groups is 2. The first kappa shape index (κ1) is 27.8. The van der Waals surface area contributed by atoms with E-state index in [1.54, 1.807) is 7.11 Å². The van der Waals surface area contributed by atoms with Crippen LogP contribution in [0.3, 0.4) is 0 Å². The number of hydrogen-bond donors (Lipinski definition) is 2. The highest BCUT2D eigenvalue weighted by atomic mass is 35.5. The van der Waals surface area contributed by atoms with E-state index in [0.29, 0.717) is 13.1 Å². The number of likely N-dealkylation sites (tertiary alicyclic amines) is 1. The van der Waals surface area contributed by atoms with Crippen LogP contribution in [0.2, 0.25) is 5.04 Å². The number of rotatable bonds is 8. The van der Waals surface area contributed by atoms with Crippen LogP contribution in [-0.2, 0) is 11.0 Å². The number of halogens is 1. The molecule has 0 radical (unpaired) electrons. The van der Waals surface area contributed by atoms with Gasteiger partial charge in [0.1, 0.15) is 5.75 Å². The molecule has 3 aromatic carbocycles. The standard InChI is InChI=1S/C30H38ClNO4Si/c1-30(2,3)37(24-11-7-5-8-12-24,25-13-9-6-10-14-25)36-21-27-29(34)28(33)26(31)20-32(27)19-22-15-17-23(35-4)18-16-22/h5-18,26-29,33-34H,19-21H2,1-4H3/t26-,27?,28+,29+/m0/s1. The van der Waals surface area contributed by atoms with Gasteiger partial charge in [-0.15, -0.1) is 11.6 Å². The van der Waals surface area contributed by atoms with Gasteiger partial charge in [0.15, 0.2) is 0 Å². The Balaban J connectivity index is 1.70. The summed E-state index contributed by atoms with van der Waals surface area (Å²) in [6.07, 6.45) is -2.06. The normalized spacial score (nSPS) is 23.1. The van der Waals surface area contributed by atoms with E-state index >= 15 is 0 Å². The average Bonchev–Trinajstić information content (AvgIpc) is 2.90. The Bertz CT molecular complexity index is 1080. The van der Waals surface area contributed by atoms with Gasteiger partial charge in [0.2, 0.25) is 0 Å². The maximum absolute atomic E-state index is 11.2. The molecule has 4 rings (SSSR count). The summed E-state index contributed by atoms with van der Waals surface area (Å²) in [4.78, 5) is 2.13. The Morgan fingerprint density at radius 2 is 1.41 bits per heavy atom. The molecule has 0 bridgehead atoms. The van der Waals surface area contributed by atoms with Gasteiger partial charge in [-0.2, -0.15) is 0 Å².